The maximum atomic E-state index is 5.84. The first-order valence-corrected chi connectivity index (χ1v) is 15.3. The van der Waals surface area contributed by atoms with Crippen LogP contribution in [0.15, 0.2) is 121 Å². The molecule has 0 spiro atoms. The Morgan fingerprint density at radius 3 is 1.09 bits per heavy atom. The molecule has 0 amide bonds. The van der Waals surface area contributed by atoms with E-state index in [2.05, 4.69) is 133 Å². The highest BCUT2D eigenvalue weighted by Crippen LogP contribution is 2.35. The van der Waals surface area contributed by atoms with E-state index in [4.69, 9.17) is 4.74 Å². The van der Waals surface area contributed by atoms with Crippen molar-refractivity contribution < 1.29 is 4.74 Å². The first-order chi connectivity index (χ1) is 17.3. The van der Waals surface area contributed by atoms with E-state index in [-0.39, 0.29) is 6.23 Å². The van der Waals surface area contributed by atoms with Gasteiger partial charge in [0.15, 0.2) is 0 Å². The van der Waals surface area contributed by atoms with Crippen LogP contribution in [0.2, 0.25) is 0 Å². The van der Waals surface area contributed by atoms with Gasteiger partial charge in [-0.1, -0.05) is 121 Å². The van der Waals surface area contributed by atoms with Crippen molar-refractivity contribution in [2.75, 3.05) is 32.5 Å². The molecule has 1 unspecified atom stereocenters. The normalized spacial score (nSPS) is 12.4. The molecule has 0 fully saturated rings. The van der Waals surface area contributed by atoms with E-state index in [0.717, 1.165) is 25.4 Å². The molecular formula is C31H35NOP2. The van der Waals surface area contributed by atoms with Gasteiger partial charge in [-0.15, -0.1) is 0 Å². The molecule has 0 aliphatic heterocycles. The highest BCUT2D eigenvalue weighted by Gasteiger charge is 2.21. The van der Waals surface area contributed by atoms with E-state index in [9.17, 15) is 0 Å². The van der Waals surface area contributed by atoms with Crippen molar-refractivity contribution in [1.29, 1.82) is 0 Å². The van der Waals surface area contributed by atoms with Gasteiger partial charge in [-0.05, 0) is 56.3 Å². The predicted octanol–water partition coefficient (Wildman–Crippen LogP) is 5.55. The smallest absolute Gasteiger partial charge is 0.107 e. The third-order valence-corrected chi connectivity index (χ3v) is 11.3. The minimum absolute atomic E-state index is 0.0850. The van der Waals surface area contributed by atoms with Crippen molar-refractivity contribution in [3.05, 3.63) is 121 Å². The van der Waals surface area contributed by atoms with Crippen LogP contribution in [0.1, 0.15) is 6.92 Å². The van der Waals surface area contributed by atoms with Crippen LogP contribution in [0.4, 0.5) is 0 Å². The molecule has 0 aliphatic carbocycles. The summed E-state index contributed by atoms with van der Waals surface area (Å²) in [6.07, 6.45) is 2.32. The fourth-order valence-electron chi connectivity index (χ4n) is 4.33. The van der Waals surface area contributed by atoms with Crippen molar-refractivity contribution in [1.82, 2.24) is 4.90 Å². The van der Waals surface area contributed by atoms with Crippen molar-refractivity contribution >= 4 is 37.1 Å². The van der Waals surface area contributed by atoms with Gasteiger partial charge in [-0.3, -0.25) is 4.90 Å². The predicted molar refractivity (Wildman–Crippen MR) is 156 cm³/mol. The van der Waals surface area contributed by atoms with Crippen LogP contribution in [0, 0.1) is 0 Å². The molecule has 0 bridgehead atoms. The first kappa shape index (κ1) is 25.7. The minimum Gasteiger partial charge on any atom is -0.367 e. The summed E-state index contributed by atoms with van der Waals surface area (Å²) in [6.45, 7) is 4.20. The highest BCUT2D eigenvalue weighted by molar-refractivity contribution is 7.73. The third-order valence-electron chi connectivity index (χ3n) is 6.35. The van der Waals surface area contributed by atoms with Gasteiger partial charge in [0.1, 0.15) is 6.23 Å². The first-order valence-electron chi connectivity index (χ1n) is 12.3. The summed E-state index contributed by atoms with van der Waals surface area (Å²) >= 11 is 0. The van der Waals surface area contributed by atoms with Crippen molar-refractivity contribution in [2.45, 2.75) is 13.2 Å². The second-order valence-electron chi connectivity index (χ2n) is 8.52. The van der Waals surface area contributed by atoms with Gasteiger partial charge in [0.05, 0.1) is 0 Å². The summed E-state index contributed by atoms with van der Waals surface area (Å²) in [6, 6.07) is 44.0. The zero-order chi connectivity index (χ0) is 24.3. The largest absolute Gasteiger partial charge is 0.367 e. The molecule has 4 aromatic rings. The lowest BCUT2D eigenvalue weighted by atomic mass is 10.4. The second kappa shape index (κ2) is 13.7. The van der Waals surface area contributed by atoms with Crippen LogP contribution in [-0.2, 0) is 4.74 Å². The average Bonchev–Trinajstić information content (AvgIpc) is 2.94. The van der Waals surface area contributed by atoms with Gasteiger partial charge < -0.3 is 4.74 Å². The lowest BCUT2D eigenvalue weighted by molar-refractivity contribution is -0.0117. The number of hydrogen-bond donors (Lipinski definition) is 0. The summed E-state index contributed by atoms with van der Waals surface area (Å²) in [5.74, 6) is 0. The lowest BCUT2D eigenvalue weighted by Crippen LogP contribution is -2.39. The maximum absolute atomic E-state index is 5.84. The van der Waals surface area contributed by atoms with Crippen LogP contribution in [0.25, 0.3) is 0 Å². The summed E-state index contributed by atoms with van der Waals surface area (Å²) in [5.41, 5.74) is 0. The molecule has 0 N–H and O–H groups in total. The monoisotopic (exact) mass is 499 g/mol. The van der Waals surface area contributed by atoms with E-state index in [0.29, 0.717) is 0 Å². The standard InChI is InChI=1S/C31H35NOP2/c1-27(33-2)32(23-25-34(28-15-7-3-8-16-28)29-17-9-4-10-18-29)24-26-35(30-19-11-5-12-20-30)31-21-13-6-14-22-31/h3-22,27H,23-26H2,1-2H3. The van der Waals surface area contributed by atoms with Crippen LogP contribution in [-0.4, -0.2) is 43.7 Å². The quantitative estimate of drug-likeness (QED) is 0.187. The van der Waals surface area contributed by atoms with E-state index >= 15 is 0 Å². The molecule has 4 aromatic carbocycles. The fraction of sp³-hybridized carbons (Fsp3) is 0.226. The Morgan fingerprint density at radius 2 is 0.829 bits per heavy atom. The molecule has 35 heavy (non-hydrogen) atoms. The van der Waals surface area contributed by atoms with E-state index in [1.807, 2.05) is 7.11 Å². The lowest BCUT2D eigenvalue weighted by Gasteiger charge is -2.31. The molecule has 0 aliphatic rings. The second-order valence-corrected chi connectivity index (χ2v) is 13.2. The number of ether oxygens (including phenoxy) is 1. The molecule has 0 saturated heterocycles. The molecule has 1 atom stereocenters. The van der Waals surface area contributed by atoms with Crippen LogP contribution < -0.4 is 21.2 Å². The Morgan fingerprint density at radius 1 is 0.543 bits per heavy atom. The molecule has 0 aromatic heterocycles. The van der Waals surface area contributed by atoms with E-state index in [1.54, 1.807) is 0 Å². The Hall–Kier alpha value is -2.34. The van der Waals surface area contributed by atoms with Crippen molar-refractivity contribution in [3.63, 3.8) is 0 Å². The van der Waals surface area contributed by atoms with Crippen molar-refractivity contribution in [3.8, 4) is 0 Å². The average molecular weight is 500 g/mol. The molecule has 0 saturated carbocycles. The summed E-state index contributed by atoms with van der Waals surface area (Å²) < 4.78 is 5.84. The van der Waals surface area contributed by atoms with Crippen LogP contribution >= 0.6 is 15.8 Å². The van der Waals surface area contributed by atoms with Crippen LogP contribution in [0.5, 0.6) is 0 Å². The van der Waals surface area contributed by atoms with E-state index < -0.39 is 15.8 Å². The summed E-state index contributed by atoms with van der Waals surface area (Å²) in [4.78, 5) is 2.53. The molecule has 0 heterocycles. The SMILES string of the molecule is COC(C)N(CCP(c1ccccc1)c1ccccc1)CCP(c1ccccc1)c1ccccc1. The van der Waals surface area contributed by atoms with Gasteiger partial charge in [-0.2, -0.15) is 0 Å². The third kappa shape index (κ3) is 7.33. The van der Waals surface area contributed by atoms with Crippen LogP contribution in [0.3, 0.4) is 0 Å². The minimum atomic E-state index is -0.419. The van der Waals surface area contributed by atoms with Gasteiger partial charge in [0, 0.05) is 20.2 Å². The number of benzene rings is 4. The number of methoxy groups -OCH3 is 1. The zero-order valence-electron chi connectivity index (χ0n) is 20.7. The number of nitrogens with zero attached hydrogens (tertiary/aromatic N) is 1. The number of hydrogen-bond acceptors (Lipinski definition) is 2. The topological polar surface area (TPSA) is 12.5 Å². The Balaban J connectivity index is 1.51. The molecular weight excluding hydrogens is 464 g/mol. The van der Waals surface area contributed by atoms with E-state index in [1.165, 1.54) is 21.2 Å². The Labute approximate surface area is 213 Å². The Kier molecular flexibility index (Phi) is 10.1. The van der Waals surface area contributed by atoms with Gasteiger partial charge in [0.25, 0.3) is 0 Å². The molecule has 180 valence electrons. The highest BCUT2D eigenvalue weighted by atomic mass is 31.1. The fourth-order valence-corrected chi connectivity index (χ4v) is 9.00. The molecule has 2 nitrogen and oxygen atoms in total. The Bertz CT molecular complexity index is 944. The maximum Gasteiger partial charge on any atom is 0.107 e. The summed E-state index contributed by atoms with van der Waals surface area (Å²) in [7, 11) is 0.988. The molecule has 4 rings (SSSR count). The summed E-state index contributed by atoms with van der Waals surface area (Å²) in [5, 5.41) is 5.76. The molecule has 0 radical (unpaired) electrons. The van der Waals surface area contributed by atoms with Gasteiger partial charge in [-0.25, -0.2) is 0 Å². The zero-order valence-corrected chi connectivity index (χ0v) is 22.5. The van der Waals surface area contributed by atoms with Crippen molar-refractivity contribution in [2.24, 2.45) is 0 Å². The van der Waals surface area contributed by atoms with Gasteiger partial charge >= 0.3 is 0 Å². The molecule has 4 heteroatoms. The van der Waals surface area contributed by atoms with Gasteiger partial charge in [0.2, 0.25) is 0 Å². The number of rotatable bonds is 12.